The molecule has 2 aromatic heterocycles. The van der Waals surface area contributed by atoms with Gasteiger partial charge in [-0.05, 0) is 42.5 Å². The summed E-state index contributed by atoms with van der Waals surface area (Å²) in [6.45, 7) is 0. The fourth-order valence-electron chi connectivity index (χ4n) is 3.02. The molecule has 0 aliphatic heterocycles. The number of carbonyl (C=O) groups excluding carboxylic acids is 1. The third-order valence-corrected chi connectivity index (χ3v) is 7.38. The number of imidazole rings is 1. The first-order valence-electron chi connectivity index (χ1n) is 9.44. The molecule has 1 amide bonds. The number of fused-ring (bicyclic) bond motifs is 1. The second-order valence-electron chi connectivity index (χ2n) is 6.71. The Morgan fingerprint density at radius 2 is 1.84 bits per heavy atom. The van der Waals surface area contributed by atoms with Gasteiger partial charge < -0.3 is 5.32 Å². The van der Waals surface area contributed by atoms with E-state index >= 15 is 0 Å². The van der Waals surface area contributed by atoms with Crippen molar-refractivity contribution in [2.75, 3.05) is 22.4 Å². The summed E-state index contributed by atoms with van der Waals surface area (Å²) in [6.07, 6.45) is 3.64. The van der Waals surface area contributed by atoms with Gasteiger partial charge in [-0.1, -0.05) is 42.1 Å². The zero-order valence-corrected chi connectivity index (χ0v) is 18.3. The third-order valence-electron chi connectivity index (χ3n) is 4.63. The Morgan fingerprint density at radius 3 is 2.65 bits per heavy atom. The van der Waals surface area contributed by atoms with E-state index in [-0.39, 0.29) is 16.6 Å². The number of thioether (sulfide) groups is 1. The Labute approximate surface area is 184 Å². The summed E-state index contributed by atoms with van der Waals surface area (Å²) in [5.41, 5.74) is 1.92. The van der Waals surface area contributed by atoms with Crippen molar-refractivity contribution in [3.8, 4) is 0 Å². The maximum absolute atomic E-state index is 13.0. The number of aromatic nitrogens is 2. The number of hydrogen-bond donors (Lipinski definition) is 1. The summed E-state index contributed by atoms with van der Waals surface area (Å²) in [5, 5.41) is 3.48. The maximum Gasteiger partial charge on any atom is 0.264 e. The van der Waals surface area contributed by atoms with Crippen LogP contribution in [0.1, 0.15) is 0 Å². The summed E-state index contributed by atoms with van der Waals surface area (Å²) >= 11 is 1.31. The summed E-state index contributed by atoms with van der Waals surface area (Å²) < 4.78 is 29.1. The van der Waals surface area contributed by atoms with E-state index in [1.54, 1.807) is 42.6 Å². The predicted octanol–water partition coefficient (Wildman–Crippen LogP) is 3.89. The van der Waals surface area contributed by atoms with Crippen LogP contribution in [0, 0.1) is 0 Å². The lowest BCUT2D eigenvalue weighted by Gasteiger charge is -2.19. The highest BCUT2D eigenvalue weighted by atomic mass is 32.2. The van der Waals surface area contributed by atoms with Crippen LogP contribution in [0.5, 0.6) is 0 Å². The van der Waals surface area contributed by atoms with Gasteiger partial charge in [0.05, 0.1) is 28.0 Å². The molecular formula is C22H20N4O3S2. The minimum absolute atomic E-state index is 0.101. The van der Waals surface area contributed by atoms with E-state index in [4.69, 9.17) is 0 Å². The van der Waals surface area contributed by atoms with Gasteiger partial charge in [-0.15, -0.1) is 0 Å². The molecule has 2 heterocycles. The van der Waals surface area contributed by atoms with Crippen molar-refractivity contribution in [1.82, 2.24) is 9.38 Å². The quantitative estimate of drug-likeness (QED) is 0.430. The molecule has 0 saturated carbocycles. The topological polar surface area (TPSA) is 83.8 Å². The van der Waals surface area contributed by atoms with Crippen LogP contribution in [0.25, 0.3) is 5.52 Å². The van der Waals surface area contributed by atoms with E-state index in [1.165, 1.54) is 35.2 Å². The lowest BCUT2D eigenvalue weighted by atomic mass is 10.3. The molecule has 4 aromatic rings. The van der Waals surface area contributed by atoms with Crippen molar-refractivity contribution in [2.45, 2.75) is 10.1 Å². The smallest absolute Gasteiger partial charge is 0.264 e. The minimum atomic E-state index is -3.76. The normalized spacial score (nSPS) is 11.4. The molecule has 7 nitrogen and oxygen atoms in total. The van der Waals surface area contributed by atoms with Crippen molar-refractivity contribution < 1.29 is 13.2 Å². The molecule has 0 bridgehead atoms. The molecule has 1 N–H and O–H groups in total. The molecule has 0 radical (unpaired) electrons. The number of carbonyl (C=O) groups is 1. The van der Waals surface area contributed by atoms with Crippen molar-refractivity contribution >= 4 is 44.6 Å². The maximum atomic E-state index is 13.0. The molecule has 0 fully saturated rings. The number of nitrogens with zero attached hydrogens (tertiary/aromatic N) is 3. The Bertz CT molecular complexity index is 1320. The number of anilines is 2. The second kappa shape index (κ2) is 8.83. The van der Waals surface area contributed by atoms with E-state index in [0.29, 0.717) is 16.5 Å². The zero-order valence-electron chi connectivity index (χ0n) is 16.7. The van der Waals surface area contributed by atoms with Gasteiger partial charge in [-0.25, -0.2) is 13.4 Å². The fraction of sp³-hybridized carbons (Fsp3) is 0.0909. The van der Waals surface area contributed by atoms with Gasteiger partial charge >= 0.3 is 0 Å². The molecule has 0 atom stereocenters. The van der Waals surface area contributed by atoms with Crippen molar-refractivity contribution in [3.05, 3.63) is 85.2 Å². The van der Waals surface area contributed by atoms with Gasteiger partial charge in [-0.2, -0.15) is 0 Å². The Hall–Kier alpha value is -3.30. The monoisotopic (exact) mass is 452 g/mol. The highest BCUT2D eigenvalue weighted by Crippen LogP contribution is 2.24. The predicted molar refractivity (Wildman–Crippen MR) is 123 cm³/mol. The van der Waals surface area contributed by atoms with E-state index in [0.717, 1.165) is 5.52 Å². The number of pyridine rings is 1. The average molecular weight is 453 g/mol. The van der Waals surface area contributed by atoms with E-state index in [1.807, 2.05) is 34.9 Å². The standard InChI is InChI=1S/C22H20N4O3S2/c1-25(18-9-3-2-4-10-18)31(28,29)20-12-7-8-17(14-20)24-21(27)16-30-22-23-15-19-11-5-6-13-26(19)22/h2-15H,16H2,1H3,(H,24,27). The van der Waals surface area contributed by atoms with Crippen LogP contribution in [-0.2, 0) is 14.8 Å². The van der Waals surface area contributed by atoms with Gasteiger partial charge in [0.25, 0.3) is 10.0 Å². The molecule has 0 saturated heterocycles. The molecule has 0 aliphatic carbocycles. The van der Waals surface area contributed by atoms with Gasteiger partial charge in [0.2, 0.25) is 5.91 Å². The lowest BCUT2D eigenvalue weighted by molar-refractivity contribution is -0.113. The van der Waals surface area contributed by atoms with Crippen LogP contribution in [0.2, 0.25) is 0 Å². The number of benzene rings is 2. The SMILES string of the molecule is CN(c1ccccc1)S(=O)(=O)c1cccc(NC(=O)CSc2ncc3ccccn23)c1. The summed E-state index contributed by atoms with van der Waals surface area (Å²) in [5.74, 6) is -0.0989. The minimum Gasteiger partial charge on any atom is -0.325 e. The zero-order chi connectivity index (χ0) is 21.8. The Kier molecular flexibility index (Phi) is 5.97. The third kappa shape index (κ3) is 4.57. The number of para-hydroxylation sites is 1. The molecule has 31 heavy (non-hydrogen) atoms. The molecule has 0 spiro atoms. The lowest BCUT2D eigenvalue weighted by Crippen LogP contribution is -2.26. The summed E-state index contributed by atoms with van der Waals surface area (Å²) in [6, 6.07) is 20.8. The van der Waals surface area contributed by atoms with Gasteiger partial charge in [0.1, 0.15) is 0 Å². The van der Waals surface area contributed by atoms with Crippen LogP contribution >= 0.6 is 11.8 Å². The van der Waals surface area contributed by atoms with E-state index < -0.39 is 10.0 Å². The van der Waals surface area contributed by atoms with Crippen LogP contribution in [0.3, 0.4) is 0 Å². The summed E-state index contributed by atoms with van der Waals surface area (Å²) in [7, 11) is -2.26. The summed E-state index contributed by atoms with van der Waals surface area (Å²) in [4.78, 5) is 16.9. The number of rotatable bonds is 7. The number of hydrogen-bond acceptors (Lipinski definition) is 5. The van der Waals surface area contributed by atoms with Crippen LogP contribution in [-0.4, -0.2) is 36.5 Å². The number of sulfonamides is 1. The van der Waals surface area contributed by atoms with Gasteiger partial charge in [0, 0.05) is 18.9 Å². The second-order valence-corrected chi connectivity index (χ2v) is 9.62. The first-order chi connectivity index (χ1) is 14.9. The number of amides is 1. The van der Waals surface area contributed by atoms with Crippen LogP contribution < -0.4 is 9.62 Å². The molecule has 158 valence electrons. The first kappa shape index (κ1) is 21.0. The van der Waals surface area contributed by atoms with Crippen molar-refractivity contribution in [3.63, 3.8) is 0 Å². The Morgan fingerprint density at radius 1 is 1.06 bits per heavy atom. The van der Waals surface area contributed by atoms with Crippen molar-refractivity contribution in [1.29, 1.82) is 0 Å². The molecule has 0 unspecified atom stereocenters. The van der Waals surface area contributed by atoms with Crippen LogP contribution in [0.4, 0.5) is 11.4 Å². The van der Waals surface area contributed by atoms with Crippen LogP contribution in [0.15, 0.2) is 95.2 Å². The highest BCUT2D eigenvalue weighted by Gasteiger charge is 2.21. The molecule has 4 rings (SSSR count). The first-order valence-corrected chi connectivity index (χ1v) is 11.9. The van der Waals surface area contributed by atoms with Gasteiger partial charge in [0.15, 0.2) is 5.16 Å². The Balaban J connectivity index is 1.45. The van der Waals surface area contributed by atoms with Crippen molar-refractivity contribution in [2.24, 2.45) is 0 Å². The molecular weight excluding hydrogens is 432 g/mol. The molecule has 9 heteroatoms. The average Bonchev–Trinajstić information content (AvgIpc) is 3.21. The molecule has 0 aliphatic rings. The molecule has 2 aromatic carbocycles. The van der Waals surface area contributed by atoms with E-state index in [9.17, 15) is 13.2 Å². The largest absolute Gasteiger partial charge is 0.325 e. The highest BCUT2D eigenvalue weighted by molar-refractivity contribution is 7.99. The van der Waals surface area contributed by atoms with E-state index in [2.05, 4.69) is 10.3 Å². The van der Waals surface area contributed by atoms with Gasteiger partial charge in [-0.3, -0.25) is 13.5 Å². The number of nitrogens with one attached hydrogen (secondary N) is 1. The fourth-order valence-corrected chi connectivity index (χ4v) is 5.03.